The number of fused-ring (bicyclic) bond motifs is 1. The van der Waals surface area contributed by atoms with Crippen LogP contribution < -0.4 is 0 Å². The first kappa shape index (κ1) is 30.2. The second-order valence-electron chi connectivity index (χ2n) is 13.6. The third-order valence-electron chi connectivity index (χ3n) is 10.3. The van der Waals surface area contributed by atoms with E-state index in [-0.39, 0.29) is 0 Å². The predicted octanol–water partition coefficient (Wildman–Crippen LogP) is 11.6. The van der Waals surface area contributed by atoms with Crippen LogP contribution in [0.1, 0.15) is 0 Å². The molecule has 0 aliphatic heterocycles. The number of imidazole rings is 1. The molecular formula is C48H30N6. The predicted molar refractivity (Wildman–Crippen MR) is 219 cm³/mol. The van der Waals surface area contributed by atoms with Crippen molar-refractivity contribution < 1.29 is 0 Å². The van der Waals surface area contributed by atoms with Crippen molar-refractivity contribution in [3.05, 3.63) is 182 Å². The molecule has 6 heteroatoms. The number of para-hydroxylation sites is 2. The summed E-state index contributed by atoms with van der Waals surface area (Å²) in [5, 5.41) is 4.73. The minimum absolute atomic E-state index is 0.580. The molecule has 252 valence electrons. The van der Waals surface area contributed by atoms with Gasteiger partial charge in [0, 0.05) is 33.2 Å². The Morgan fingerprint density at radius 3 is 1.67 bits per heavy atom. The Labute approximate surface area is 310 Å². The van der Waals surface area contributed by atoms with Crippen molar-refractivity contribution in [2.45, 2.75) is 0 Å². The van der Waals surface area contributed by atoms with Crippen LogP contribution in [0.4, 0.5) is 0 Å². The Balaban J connectivity index is 1.15. The summed E-state index contributed by atoms with van der Waals surface area (Å²) in [6, 6.07) is 63.3. The number of hydrogen-bond acceptors (Lipinski definition) is 4. The second kappa shape index (κ2) is 12.1. The lowest BCUT2D eigenvalue weighted by Gasteiger charge is -2.13. The van der Waals surface area contributed by atoms with Crippen molar-refractivity contribution >= 4 is 43.6 Å². The van der Waals surface area contributed by atoms with E-state index in [9.17, 15) is 0 Å². The number of aromatic nitrogens is 6. The summed E-state index contributed by atoms with van der Waals surface area (Å²) in [5.41, 5.74) is 10.3. The molecule has 0 saturated heterocycles. The van der Waals surface area contributed by atoms with Crippen molar-refractivity contribution in [2.75, 3.05) is 0 Å². The smallest absolute Gasteiger partial charge is 0.238 e. The van der Waals surface area contributed by atoms with E-state index >= 15 is 0 Å². The van der Waals surface area contributed by atoms with Crippen LogP contribution in [-0.2, 0) is 0 Å². The molecule has 0 bridgehead atoms. The molecule has 3 heterocycles. The van der Waals surface area contributed by atoms with E-state index in [0.717, 1.165) is 66.8 Å². The van der Waals surface area contributed by atoms with Crippen LogP contribution in [0, 0.1) is 0 Å². The summed E-state index contributed by atoms with van der Waals surface area (Å²) in [5.74, 6) is 2.75. The maximum atomic E-state index is 5.18. The minimum atomic E-state index is 0.580. The SMILES string of the molecule is c1ccc(-c2nc(-c3ccccc3)nc(-n3c4cccc5ccc6cc(-c7cccc(-n8c(-c9ccccc9)nc9ccccc98)c7)cc3c6c54)n2)cc1. The maximum Gasteiger partial charge on any atom is 0.238 e. The van der Waals surface area contributed by atoms with Gasteiger partial charge in [-0.1, -0.05) is 140 Å². The molecule has 11 aromatic rings. The first-order valence-electron chi connectivity index (χ1n) is 18.1. The third kappa shape index (κ3) is 4.81. The highest BCUT2D eigenvalue weighted by Gasteiger charge is 2.22. The van der Waals surface area contributed by atoms with E-state index in [1.807, 2.05) is 72.8 Å². The van der Waals surface area contributed by atoms with Crippen LogP contribution in [0.15, 0.2) is 182 Å². The van der Waals surface area contributed by atoms with Crippen LogP contribution in [0.25, 0.3) is 101 Å². The summed E-state index contributed by atoms with van der Waals surface area (Å²) >= 11 is 0. The molecule has 3 aromatic heterocycles. The molecule has 0 spiro atoms. The van der Waals surface area contributed by atoms with E-state index in [0.29, 0.717) is 17.6 Å². The molecule has 0 atom stereocenters. The van der Waals surface area contributed by atoms with Gasteiger partial charge >= 0.3 is 0 Å². The van der Waals surface area contributed by atoms with Crippen molar-refractivity contribution in [1.82, 2.24) is 29.1 Å². The number of hydrogen-bond donors (Lipinski definition) is 0. The lowest BCUT2D eigenvalue weighted by molar-refractivity contribution is 0.954. The van der Waals surface area contributed by atoms with E-state index in [4.69, 9.17) is 19.9 Å². The largest absolute Gasteiger partial charge is 0.292 e. The van der Waals surface area contributed by atoms with Gasteiger partial charge in [0.05, 0.1) is 22.1 Å². The third-order valence-corrected chi connectivity index (χ3v) is 10.3. The molecule has 54 heavy (non-hydrogen) atoms. The average molecular weight is 691 g/mol. The van der Waals surface area contributed by atoms with Crippen molar-refractivity contribution in [1.29, 1.82) is 0 Å². The average Bonchev–Trinajstić information content (AvgIpc) is 3.81. The van der Waals surface area contributed by atoms with Crippen LogP contribution in [-0.4, -0.2) is 29.1 Å². The summed E-state index contributed by atoms with van der Waals surface area (Å²) in [6.45, 7) is 0. The normalized spacial score (nSPS) is 11.7. The van der Waals surface area contributed by atoms with E-state index in [2.05, 4.69) is 118 Å². The van der Waals surface area contributed by atoms with Gasteiger partial charge in [-0.15, -0.1) is 0 Å². The molecule has 0 fully saturated rings. The van der Waals surface area contributed by atoms with E-state index in [1.54, 1.807) is 0 Å². The molecule has 0 aliphatic rings. The molecule has 0 unspecified atom stereocenters. The summed E-state index contributed by atoms with van der Waals surface area (Å²) in [7, 11) is 0. The second-order valence-corrected chi connectivity index (χ2v) is 13.6. The molecule has 0 radical (unpaired) electrons. The standard InChI is InChI=1S/C48H30N6/c1-4-14-32(15-5-1)45-50-46(33-16-6-2-7-17-33)52-48(51-45)54-41-25-13-20-31-26-27-36-28-37(30-42(54)44(36)43(31)41)35-21-12-22-38(29-35)53-40-24-11-10-23-39(40)49-47(53)34-18-8-3-9-19-34/h1-30H. The molecule has 0 saturated carbocycles. The lowest BCUT2D eigenvalue weighted by Crippen LogP contribution is -2.06. The highest BCUT2D eigenvalue weighted by Crippen LogP contribution is 2.41. The topological polar surface area (TPSA) is 61.4 Å². The summed E-state index contributed by atoms with van der Waals surface area (Å²) in [6.07, 6.45) is 0. The highest BCUT2D eigenvalue weighted by molar-refractivity contribution is 6.24. The van der Waals surface area contributed by atoms with Gasteiger partial charge in [-0.2, -0.15) is 9.97 Å². The summed E-state index contributed by atoms with van der Waals surface area (Å²) < 4.78 is 4.48. The first-order chi connectivity index (χ1) is 26.8. The minimum Gasteiger partial charge on any atom is -0.292 e. The van der Waals surface area contributed by atoms with Gasteiger partial charge in [-0.05, 0) is 64.4 Å². The van der Waals surface area contributed by atoms with Gasteiger partial charge in [0.15, 0.2) is 11.6 Å². The van der Waals surface area contributed by atoms with Gasteiger partial charge < -0.3 is 0 Å². The lowest BCUT2D eigenvalue weighted by atomic mass is 9.97. The zero-order valence-electron chi connectivity index (χ0n) is 29.0. The van der Waals surface area contributed by atoms with Crippen LogP contribution in [0.5, 0.6) is 0 Å². The van der Waals surface area contributed by atoms with E-state index < -0.39 is 0 Å². The molecular weight excluding hydrogens is 661 g/mol. The van der Waals surface area contributed by atoms with Crippen molar-refractivity contribution in [3.8, 4) is 56.9 Å². The van der Waals surface area contributed by atoms with Crippen molar-refractivity contribution in [2.24, 2.45) is 0 Å². The Morgan fingerprint density at radius 2 is 0.926 bits per heavy atom. The van der Waals surface area contributed by atoms with E-state index in [1.165, 1.54) is 16.2 Å². The van der Waals surface area contributed by atoms with Crippen LogP contribution >= 0.6 is 0 Å². The molecule has 0 N–H and O–H groups in total. The number of nitrogens with zero attached hydrogens (tertiary/aromatic N) is 6. The number of rotatable bonds is 6. The summed E-state index contributed by atoms with van der Waals surface area (Å²) in [4.78, 5) is 20.4. The number of benzene rings is 8. The molecule has 0 amide bonds. The highest BCUT2D eigenvalue weighted by atomic mass is 15.2. The van der Waals surface area contributed by atoms with Crippen LogP contribution in [0.3, 0.4) is 0 Å². The quantitative estimate of drug-likeness (QED) is 0.163. The molecule has 6 nitrogen and oxygen atoms in total. The van der Waals surface area contributed by atoms with Gasteiger partial charge in [-0.25, -0.2) is 9.97 Å². The fourth-order valence-electron chi connectivity index (χ4n) is 7.87. The molecule has 8 aromatic carbocycles. The Morgan fingerprint density at radius 1 is 0.333 bits per heavy atom. The zero-order valence-corrected chi connectivity index (χ0v) is 29.0. The van der Waals surface area contributed by atoms with Gasteiger partial charge in [0.2, 0.25) is 5.95 Å². The Bertz CT molecular complexity index is 3090. The molecule has 0 aliphatic carbocycles. The van der Waals surface area contributed by atoms with Crippen LogP contribution in [0.2, 0.25) is 0 Å². The Kier molecular flexibility index (Phi) is 6.75. The Hall–Kier alpha value is -7.44. The zero-order chi connectivity index (χ0) is 35.6. The maximum absolute atomic E-state index is 5.18. The fraction of sp³-hybridized carbons (Fsp3) is 0. The molecule has 11 rings (SSSR count). The monoisotopic (exact) mass is 690 g/mol. The van der Waals surface area contributed by atoms with Gasteiger partial charge in [0.25, 0.3) is 0 Å². The fourth-order valence-corrected chi connectivity index (χ4v) is 7.87. The first-order valence-corrected chi connectivity index (χ1v) is 18.1. The van der Waals surface area contributed by atoms with Gasteiger partial charge in [0.1, 0.15) is 5.82 Å². The van der Waals surface area contributed by atoms with Crippen molar-refractivity contribution in [3.63, 3.8) is 0 Å². The van der Waals surface area contributed by atoms with Gasteiger partial charge in [-0.3, -0.25) is 9.13 Å².